The summed E-state index contributed by atoms with van der Waals surface area (Å²) >= 11 is 1.77. The molecule has 102 valence electrons. The van der Waals surface area contributed by atoms with Gasteiger partial charge in [-0.2, -0.15) is 11.8 Å². The fourth-order valence-corrected chi connectivity index (χ4v) is 1.28. The van der Waals surface area contributed by atoms with E-state index in [0.717, 1.165) is 24.8 Å². The van der Waals surface area contributed by atoms with Gasteiger partial charge in [0.1, 0.15) is 0 Å². The van der Waals surface area contributed by atoms with Gasteiger partial charge in [-0.25, -0.2) is 0 Å². The molecule has 5 nitrogen and oxygen atoms in total. The van der Waals surface area contributed by atoms with Crippen LogP contribution in [0.5, 0.6) is 0 Å². The number of hydrogen-bond donors (Lipinski definition) is 3. The molecule has 0 bridgehead atoms. The fraction of sp³-hybridized carbons (Fsp3) is 0.800. The number of nitrogens with one attached hydrogen (secondary N) is 3. The number of carbonyl (C=O) groups is 1. The number of hydrogen-bond acceptors (Lipinski definition) is 3. The number of nitrogens with zero attached hydrogens (tertiary/aromatic N) is 1. The van der Waals surface area contributed by atoms with Crippen LogP contribution in [0.3, 0.4) is 0 Å². The van der Waals surface area contributed by atoms with E-state index in [1.807, 2.05) is 6.92 Å². The van der Waals surface area contributed by atoms with Gasteiger partial charge in [0.15, 0.2) is 5.96 Å². The average Bonchev–Trinajstić information content (AvgIpc) is 2.24. The minimum atomic E-state index is -0.00822. The Balaban J connectivity index is 0. The number of halogens is 1. The van der Waals surface area contributed by atoms with E-state index < -0.39 is 0 Å². The zero-order chi connectivity index (χ0) is 12.2. The van der Waals surface area contributed by atoms with Gasteiger partial charge in [-0.1, -0.05) is 0 Å². The third-order valence-electron chi connectivity index (χ3n) is 1.70. The summed E-state index contributed by atoms with van der Waals surface area (Å²) < 4.78 is 0. The van der Waals surface area contributed by atoms with Crippen LogP contribution in [0.4, 0.5) is 0 Å². The molecule has 0 radical (unpaired) electrons. The standard InChI is InChI=1S/C10H22N4OS.HI/c1-4-11-10(14-7-8-16-3)13-6-5-12-9(2)15;/h4-8H2,1-3H3,(H,12,15)(H2,11,13,14);1H. The molecule has 3 N–H and O–H groups in total. The molecule has 0 aromatic carbocycles. The third kappa shape index (κ3) is 13.8. The summed E-state index contributed by atoms with van der Waals surface area (Å²) in [6.45, 7) is 6.48. The highest BCUT2D eigenvalue weighted by Crippen LogP contribution is 1.89. The molecule has 0 aromatic heterocycles. The maximum absolute atomic E-state index is 10.6. The van der Waals surface area contributed by atoms with Crippen molar-refractivity contribution in [2.45, 2.75) is 13.8 Å². The van der Waals surface area contributed by atoms with Crippen LogP contribution < -0.4 is 16.0 Å². The SMILES string of the molecule is CCNC(=NCCSC)NCCNC(C)=O.I. The smallest absolute Gasteiger partial charge is 0.216 e. The van der Waals surface area contributed by atoms with Crippen LogP contribution in [0.2, 0.25) is 0 Å². The topological polar surface area (TPSA) is 65.5 Å². The van der Waals surface area contributed by atoms with Crippen molar-refractivity contribution in [3.05, 3.63) is 0 Å². The van der Waals surface area contributed by atoms with E-state index in [0.29, 0.717) is 13.1 Å². The fourth-order valence-electron chi connectivity index (χ4n) is 1.01. The number of thioether (sulfide) groups is 1. The van der Waals surface area contributed by atoms with E-state index in [2.05, 4.69) is 27.2 Å². The molecule has 0 aliphatic rings. The highest BCUT2D eigenvalue weighted by atomic mass is 127. The second-order valence-corrected chi connectivity index (χ2v) is 4.15. The molecule has 0 aromatic rings. The van der Waals surface area contributed by atoms with E-state index >= 15 is 0 Å². The van der Waals surface area contributed by atoms with Gasteiger partial charge < -0.3 is 16.0 Å². The Morgan fingerprint density at radius 1 is 1.24 bits per heavy atom. The zero-order valence-corrected chi connectivity index (χ0v) is 13.9. The van der Waals surface area contributed by atoms with Crippen LogP contribution in [0, 0.1) is 0 Å². The summed E-state index contributed by atoms with van der Waals surface area (Å²) in [4.78, 5) is 15.0. The number of aliphatic imine (C=N–C) groups is 1. The van der Waals surface area contributed by atoms with Crippen LogP contribution in [0.25, 0.3) is 0 Å². The maximum Gasteiger partial charge on any atom is 0.216 e. The third-order valence-corrected chi connectivity index (χ3v) is 2.29. The second-order valence-electron chi connectivity index (χ2n) is 3.16. The lowest BCUT2D eigenvalue weighted by molar-refractivity contribution is -0.118. The summed E-state index contributed by atoms with van der Waals surface area (Å²) in [6.07, 6.45) is 2.06. The molecule has 0 aliphatic heterocycles. The van der Waals surface area contributed by atoms with Crippen LogP contribution in [0.1, 0.15) is 13.8 Å². The maximum atomic E-state index is 10.6. The second kappa shape index (κ2) is 13.9. The molecule has 0 saturated carbocycles. The van der Waals surface area contributed by atoms with Gasteiger partial charge in [0.05, 0.1) is 6.54 Å². The molecule has 0 heterocycles. The van der Waals surface area contributed by atoms with Gasteiger partial charge in [0.25, 0.3) is 0 Å². The van der Waals surface area contributed by atoms with Crippen molar-refractivity contribution in [3.8, 4) is 0 Å². The lowest BCUT2D eigenvalue weighted by atomic mass is 10.5. The quantitative estimate of drug-likeness (QED) is 0.265. The van der Waals surface area contributed by atoms with Gasteiger partial charge in [0, 0.05) is 32.3 Å². The Bertz CT molecular complexity index is 226. The molecule has 0 unspecified atom stereocenters. The van der Waals surface area contributed by atoms with Gasteiger partial charge in [-0.05, 0) is 13.2 Å². The zero-order valence-electron chi connectivity index (χ0n) is 10.7. The molecule has 0 rings (SSSR count). The molecule has 0 atom stereocenters. The van der Waals surface area contributed by atoms with Gasteiger partial charge in [-0.15, -0.1) is 24.0 Å². The molecule has 0 spiro atoms. The molecular weight excluding hydrogens is 351 g/mol. The van der Waals surface area contributed by atoms with Gasteiger partial charge in [-0.3, -0.25) is 9.79 Å². The Morgan fingerprint density at radius 2 is 1.88 bits per heavy atom. The first-order valence-electron chi connectivity index (χ1n) is 5.46. The van der Waals surface area contributed by atoms with Crippen LogP contribution in [-0.2, 0) is 4.79 Å². The van der Waals surface area contributed by atoms with Crippen molar-refractivity contribution in [1.82, 2.24) is 16.0 Å². The Labute approximate surface area is 125 Å². The molecule has 0 saturated heterocycles. The summed E-state index contributed by atoms with van der Waals surface area (Å²) in [5.74, 6) is 1.82. The van der Waals surface area contributed by atoms with E-state index in [4.69, 9.17) is 0 Å². The first kappa shape index (κ1) is 19.2. The van der Waals surface area contributed by atoms with Crippen molar-refractivity contribution in [1.29, 1.82) is 0 Å². The number of amides is 1. The summed E-state index contributed by atoms with van der Waals surface area (Å²) in [7, 11) is 0. The average molecular weight is 374 g/mol. The molecule has 7 heteroatoms. The minimum Gasteiger partial charge on any atom is -0.357 e. The lowest BCUT2D eigenvalue weighted by Gasteiger charge is -2.11. The minimum absolute atomic E-state index is 0. The van der Waals surface area contributed by atoms with Crippen LogP contribution >= 0.6 is 35.7 Å². The van der Waals surface area contributed by atoms with Crippen LogP contribution in [0.15, 0.2) is 4.99 Å². The molecule has 17 heavy (non-hydrogen) atoms. The highest BCUT2D eigenvalue weighted by molar-refractivity contribution is 14.0. The van der Waals surface area contributed by atoms with E-state index in [1.54, 1.807) is 11.8 Å². The number of guanidine groups is 1. The molecular formula is C10H23IN4OS. The van der Waals surface area contributed by atoms with Crippen molar-refractivity contribution < 1.29 is 4.79 Å². The van der Waals surface area contributed by atoms with E-state index in [9.17, 15) is 4.79 Å². The Morgan fingerprint density at radius 3 is 2.41 bits per heavy atom. The van der Waals surface area contributed by atoms with Crippen molar-refractivity contribution in [3.63, 3.8) is 0 Å². The molecule has 1 amide bonds. The van der Waals surface area contributed by atoms with E-state index in [-0.39, 0.29) is 29.9 Å². The normalized spacial score (nSPS) is 10.4. The highest BCUT2D eigenvalue weighted by Gasteiger charge is 1.96. The van der Waals surface area contributed by atoms with Crippen molar-refractivity contribution >= 4 is 47.6 Å². The van der Waals surface area contributed by atoms with Crippen molar-refractivity contribution in [2.75, 3.05) is 38.2 Å². The predicted molar refractivity (Wildman–Crippen MR) is 86.5 cm³/mol. The van der Waals surface area contributed by atoms with Gasteiger partial charge >= 0.3 is 0 Å². The molecule has 0 aliphatic carbocycles. The van der Waals surface area contributed by atoms with Gasteiger partial charge in [0.2, 0.25) is 5.91 Å². The summed E-state index contributed by atoms with van der Waals surface area (Å²) in [5, 5.41) is 9.02. The van der Waals surface area contributed by atoms with Crippen LogP contribution in [-0.4, -0.2) is 50.1 Å². The number of carbonyl (C=O) groups excluding carboxylic acids is 1. The monoisotopic (exact) mass is 374 g/mol. The summed E-state index contributed by atoms with van der Waals surface area (Å²) in [5.41, 5.74) is 0. The number of rotatable bonds is 7. The largest absolute Gasteiger partial charge is 0.357 e. The Hall–Kier alpha value is -0.180. The summed E-state index contributed by atoms with van der Waals surface area (Å²) in [6, 6.07) is 0. The van der Waals surface area contributed by atoms with Crippen molar-refractivity contribution in [2.24, 2.45) is 4.99 Å². The lowest BCUT2D eigenvalue weighted by Crippen LogP contribution is -2.41. The first-order valence-corrected chi connectivity index (χ1v) is 6.85. The first-order chi connectivity index (χ1) is 7.70. The van der Waals surface area contributed by atoms with E-state index in [1.165, 1.54) is 6.92 Å². The Kier molecular flexibility index (Phi) is 15.7. The predicted octanol–water partition coefficient (Wildman–Crippen LogP) is 0.659. The molecule has 0 fully saturated rings.